The van der Waals surface area contributed by atoms with Gasteiger partial charge in [0, 0.05) is 13.6 Å². The Morgan fingerprint density at radius 1 is 1.23 bits per heavy atom. The topological polar surface area (TPSA) is 40.5 Å². The Morgan fingerprint density at radius 3 is 2.36 bits per heavy atom. The Hall–Kier alpha value is -1.77. The van der Waals surface area contributed by atoms with Gasteiger partial charge in [0.1, 0.15) is 0 Å². The largest absolute Gasteiger partial charge is 0.503 e. The van der Waals surface area contributed by atoms with Crippen LogP contribution >= 0.6 is 0 Å². The van der Waals surface area contributed by atoms with Gasteiger partial charge >= 0.3 is 0 Å². The maximum absolute atomic E-state index is 12.0. The van der Waals surface area contributed by atoms with Crippen LogP contribution < -0.4 is 0 Å². The van der Waals surface area contributed by atoms with Crippen molar-refractivity contribution in [2.75, 3.05) is 13.6 Å². The summed E-state index contributed by atoms with van der Waals surface area (Å²) in [5, 5.41) is 9.97. The number of amides is 1. The molecule has 0 fully saturated rings. The van der Waals surface area contributed by atoms with Crippen LogP contribution in [0.4, 0.5) is 0 Å². The van der Waals surface area contributed by atoms with Crippen molar-refractivity contribution in [2.24, 2.45) is 11.8 Å². The molecule has 0 heterocycles. The number of carbonyl (C=O) groups excluding carboxylic acids is 1. The lowest BCUT2D eigenvalue weighted by Gasteiger charge is -2.19. The van der Waals surface area contributed by atoms with E-state index >= 15 is 0 Å². The quantitative estimate of drug-likeness (QED) is 0.608. The molecule has 0 aliphatic heterocycles. The second-order valence-corrected chi connectivity index (χ2v) is 6.63. The fourth-order valence-corrected chi connectivity index (χ4v) is 2.40. The van der Waals surface area contributed by atoms with Gasteiger partial charge in [-0.15, -0.1) is 0 Å². The molecule has 3 heteroatoms. The number of benzene rings is 1. The van der Waals surface area contributed by atoms with E-state index in [-0.39, 0.29) is 17.6 Å². The Morgan fingerprint density at radius 2 is 1.82 bits per heavy atom. The van der Waals surface area contributed by atoms with Crippen LogP contribution in [0.2, 0.25) is 0 Å². The van der Waals surface area contributed by atoms with Gasteiger partial charge in [0.25, 0.3) is 5.91 Å². The molecule has 0 aliphatic carbocycles. The average Bonchev–Trinajstić information content (AvgIpc) is 2.45. The van der Waals surface area contributed by atoms with Gasteiger partial charge in [0.2, 0.25) is 0 Å². The molecule has 3 nitrogen and oxygen atoms in total. The summed E-state index contributed by atoms with van der Waals surface area (Å²) in [6, 6.07) is 8.48. The number of aliphatic hydroxyl groups excluding tert-OH is 1. The van der Waals surface area contributed by atoms with E-state index < -0.39 is 0 Å². The Bertz CT molecular complexity index is 503. The SMILES string of the molecule is Cc1ccc(CCC(C)/C=C(\O)C(=O)N(C)CC(C)C)cc1. The Kier molecular flexibility index (Phi) is 7.16. The van der Waals surface area contributed by atoms with Gasteiger partial charge in [0.05, 0.1) is 0 Å². The highest BCUT2D eigenvalue weighted by molar-refractivity contribution is 5.90. The summed E-state index contributed by atoms with van der Waals surface area (Å²) in [5.74, 6) is 0.119. The molecule has 0 radical (unpaired) electrons. The molecule has 122 valence electrons. The minimum atomic E-state index is -0.295. The second-order valence-electron chi connectivity index (χ2n) is 6.63. The number of aryl methyl sites for hydroxylation is 2. The van der Waals surface area contributed by atoms with Crippen LogP contribution in [0.25, 0.3) is 0 Å². The minimum absolute atomic E-state index is 0.139. The molecule has 0 saturated heterocycles. The lowest BCUT2D eigenvalue weighted by Crippen LogP contribution is -2.31. The third kappa shape index (κ3) is 6.33. The molecule has 0 aromatic heterocycles. The summed E-state index contributed by atoms with van der Waals surface area (Å²) in [6.45, 7) is 8.85. The Balaban J connectivity index is 2.52. The van der Waals surface area contributed by atoms with Gasteiger partial charge in [-0.2, -0.15) is 0 Å². The lowest BCUT2D eigenvalue weighted by molar-refractivity contribution is -0.129. The van der Waals surface area contributed by atoms with E-state index in [1.807, 2.05) is 6.92 Å². The number of hydrogen-bond acceptors (Lipinski definition) is 2. The molecule has 1 aromatic carbocycles. The summed E-state index contributed by atoms with van der Waals surface area (Å²) in [4.78, 5) is 13.6. The molecule has 1 aromatic rings. The van der Waals surface area contributed by atoms with Crippen molar-refractivity contribution < 1.29 is 9.90 Å². The van der Waals surface area contributed by atoms with Crippen LogP contribution in [0, 0.1) is 18.8 Å². The molecule has 0 saturated carbocycles. The molecule has 1 amide bonds. The predicted molar refractivity (Wildman–Crippen MR) is 91.9 cm³/mol. The number of aliphatic hydroxyl groups is 1. The van der Waals surface area contributed by atoms with Crippen molar-refractivity contribution in [2.45, 2.75) is 40.5 Å². The standard InChI is InChI=1S/C19H29NO2/c1-14(2)13-20(5)19(22)18(21)12-16(4)8-11-17-9-6-15(3)7-10-17/h6-7,9-10,12,14,16,21H,8,11,13H2,1-5H3/b18-12-. The highest BCUT2D eigenvalue weighted by Crippen LogP contribution is 2.14. The zero-order valence-corrected chi connectivity index (χ0v) is 14.5. The smallest absolute Gasteiger partial charge is 0.288 e. The lowest BCUT2D eigenvalue weighted by atomic mass is 9.99. The van der Waals surface area contributed by atoms with Crippen molar-refractivity contribution in [1.82, 2.24) is 4.90 Å². The van der Waals surface area contributed by atoms with E-state index in [2.05, 4.69) is 45.0 Å². The van der Waals surface area contributed by atoms with Crippen molar-refractivity contribution in [3.05, 3.63) is 47.2 Å². The monoisotopic (exact) mass is 303 g/mol. The molecule has 22 heavy (non-hydrogen) atoms. The number of carbonyl (C=O) groups is 1. The maximum Gasteiger partial charge on any atom is 0.288 e. The number of nitrogens with zero attached hydrogens (tertiary/aromatic N) is 1. The minimum Gasteiger partial charge on any atom is -0.503 e. The molecular formula is C19H29NO2. The zero-order chi connectivity index (χ0) is 16.7. The number of hydrogen-bond donors (Lipinski definition) is 1. The average molecular weight is 303 g/mol. The number of rotatable bonds is 7. The van der Waals surface area contributed by atoms with Crippen molar-refractivity contribution in [3.63, 3.8) is 0 Å². The first-order valence-corrected chi connectivity index (χ1v) is 8.01. The van der Waals surface area contributed by atoms with Gasteiger partial charge in [-0.1, -0.05) is 50.6 Å². The molecule has 1 atom stereocenters. The third-order valence-electron chi connectivity index (χ3n) is 3.66. The highest BCUT2D eigenvalue weighted by atomic mass is 16.3. The van der Waals surface area contributed by atoms with Gasteiger partial charge < -0.3 is 10.0 Å². The summed E-state index contributed by atoms with van der Waals surface area (Å²) in [6.07, 6.45) is 3.53. The summed E-state index contributed by atoms with van der Waals surface area (Å²) >= 11 is 0. The van der Waals surface area contributed by atoms with Crippen LogP contribution in [0.15, 0.2) is 36.1 Å². The van der Waals surface area contributed by atoms with Crippen molar-refractivity contribution in [1.29, 1.82) is 0 Å². The molecule has 0 bridgehead atoms. The highest BCUT2D eigenvalue weighted by Gasteiger charge is 2.15. The first kappa shape index (κ1) is 18.3. The van der Waals surface area contributed by atoms with Crippen molar-refractivity contribution in [3.8, 4) is 0 Å². The second kappa shape index (κ2) is 8.62. The zero-order valence-electron chi connectivity index (χ0n) is 14.5. The molecule has 0 spiro atoms. The first-order chi connectivity index (χ1) is 10.3. The fourth-order valence-electron chi connectivity index (χ4n) is 2.40. The molecule has 1 unspecified atom stereocenters. The molecule has 1 rings (SSSR count). The summed E-state index contributed by atoms with van der Waals surface area (Å²) in [5.41, 5.74) is 2.54. The molecular weight excluding hydrogens is 274 g/mol. The normalized spacial score (nSPS) is 13.3. The molecule has 0 aliphatic rings. The van der Waals surface area contributed by atoms with E-state index in [4.69, 9.17) is 0 Å². The molecule has 1 N–H and O–H groups in total. The Labute approximate surface area is 134 Å². The van der Waals surface area contributed by atoms with Gasteiger partial charge in [0.15, 0.2) is 5.76 Å². The third-order valence-corrected chi connectivity index (χ3v) is 3.66. The van der Waals surface area contributed by atoms with E-state index in [0.717, 1.165) is 12.8 Å². The van der Waals surface area contributed by atoms with E-state index in [0.29, 0.717) is 12.5 Å². The van der Waals surface area contributed by atoms with E-state index in [9.17, 15) is 9.90 Å². The summed E-state index contributed by atoms with van der Waals surface area (Å²) in [7, 11) is 1.73. The van der Waals surface area contributed by atoms with E-state index in [1.165, 1.54) is 11.1 Å². The number of allylic oxidation sites excluding steroid dienone is 1. The van der Waals surface area contributed by atoms with Gasteiger partial charge in [-0.25, -0.2) is 0 Å². The van der Waals surface area contributed by atoms with Crippen LogP contribution in [0.3, 0.4) is 0 Å². The maximum atomic E-state index is 12.0. The predicted octanol–water partition coefficient (Wildman–Crippen LogP) is 4.12. The fraction of sp³-hybridized carbons (Fsp3) is 0.526. The van der Waals surface area contributed by atoms with Crippen LogP contribution in [0.1, 0.15) is 38.3 Å². The van der Waals surface area contributed by atoms with Crippen LogP contribution in [-0.4, -0.2) is 29.5 Å². The van der Waals surface area contributed by atoms with Crippen molar-refractivity contribution >= 4 is 5.91 Å². The first-order valence-electron chi connectivity index (χ1n) is 8.01. The summed E-state index contributed by atoms with van der Waals surface area (Å²) < 4.78 is 0. The van der Waals surface area contributed by atoms with E-state index in [1.54, 1.807) is 18.0 Å². The number of likely N-dealkylation sites (N-methyl/N-ethyl adjacent to an activating group) is 1. The van der Waals surface area contributed by atoms with Gasteiger partial charge in [-0.3, -0.25) is 4.79 Å². The van der Waals surface area contributed by atoms with Crippen LogP contribution in [-0.2, 0) is 11.2 Å². The van der Waals surface area contributed by atoms with Gasteiger partial charge in [-0.05, 0) is 43.2 Å². The van der Waals surface area contributed by atoms with Crippen LogP contribution in [0.5, 0.6) is 0 Å².